The van der Waals surface area contributed by atoms with Crippen LogP contribution in [0.2, 0.25) is 5.02 Å². The molecule has 170 valence electrons. The lowest BCUT2D eigenvalue weighted by Crippen LogP contribution is -2.41. The molecule has 2 aliphatic rings. The summed E-state index contributed by atoms with van der Waals surface area (Å²) in [6.45, 7) is 8.04. The van der Waals surface area contributed by atoms with Gasteiger partial charge < -0.3 is 9.47 Å². The number of aromatic nitrogens is 2. The van der Waals surface area contributed by atoms with Gasteiger partial charge in [-0.2, -0.15) is 0 Å². The number of rotatable bonds is 3. The predicted octanol–water partition coefficient (Wildman–Crippen LogP) is 5.18. The largest absolute Gasteiger partial charge is 0.465 e. The lowest BCUT2D eigenvalue weighted by Gasteiger charge is -2.32. The molecule has 1 aliphatic heterocycles. The van der Waals surface area contributed by atoms with E-state index < -0.39 is 11.6 Å². The van der Waals surface area contributed by atoms with Crippen molar-refractivity contribution in [3.05, 3.63) is 51.6 Å². The molecule has 1 aliphatic carbocycles. The monoisotopic (exact) mass is 457 g/mol. The zero-order valence-electron chi connectivity index (χ0n) is 19.1. The number of benzene rings is 1. The topological polar surface area (TPSA) is 81.6 Å². The number of fused-ring (bicyclic) bond motifs is 1. The van der Waals surface area contributed by atoms with Gasteiger partial charge in [0.15, 0.2) is 0 Å². The van der Waals surface area contributed by atoms with E-state index in [1.807, 2.05) is 33.8 Å². The van der Waals surface area contributed by atoms with Gasteiger partial charge in [-0.05, 0) is 70.6 Å². The SMILES string of the molecule is COC(=O)c1ccc(C2CC2c2nc(C)nc3c2N(C(=O)OC(C)(C)C)CCC3)c(Cl)c1. The van der Waals surface area contributed by atoms with E-state index in [0.717, 1.165) is 41.9 Å². The highest BCUT2D eigenvalue weighted by atomic mass is 35.5. The van der Waals surface area contributed by atoms with E-state index in [1.54, 1.807) is 17.0 Å². The zero-order valence-corrected chi connectivity index (χ0v) is 19.8. The number of halogens is 1. The van der Waals surface area contributed by atoms with Gasteiger partial charge in [-0.3, -0.25) is 4.90 Å². The van der Waals surface area contributed by atoms with Crippen LogP contribution in [0.1, 0.15) is 78.6 Å². The third kappa shape index (κ3) is 4.44. The Kier molecular flexibility index (Phi) is 5.88. The summed E-state index contributed by atoms with van der Waals surface area (Å²) in [4.78, 5) is 35.9. The fourth-order valence-electron chi connectivity index (χ4n) is 4.30. The van der Waals surface area contributed by atoms with Crippen LogP contribution in [0.25, 0.3) is 0 Å². The first-order chi connectivity index (χ1) is 15.1. The van der Waals surface area contributed by atoms with Gasteiger partial charge in [-0.1, -0.05) is 17.7 Å². The van der Waals surface area contributed by atoms with Crippen molar-refractivity contribution < 1.29 is 19.1 Å². The molecule has 2 atom stereocenters. The molecule has 2 heterocycles. The molecule has 0 saturated heterocycles. The molecule has 1 amide bonds. The van der Waals surface area contributed by atoms with E-state index in [1.165, 1.54) is 7.11 Å². The Bertz CT molecular complexity index is 1080. The molecular weight excluding hydrogens is 430 g/mol. The van der Waals surface area contributed by atoms with Crippen LogP contribution >= 0.6 is 11.6 Å². The van der Waals surface area contributed by atoms with Gasteiger partial charge >= 0.3 is 12.1 Å². The molecule has 1 saturated carbocycles. The number of hydrogen-bond acceptors (Lipinski definition) is 6. The van der Waals surface area contributed by atoms with Gasteiger partial charge in [0.1, 0.15) is 11.4 Å². The van der Waals surface area contributed by atoms with Gasteiger partial charge in [-0.25, -0.2) is 19.6 Å². The summed E-state index contributed by atoms with van der Waals surface area (Å²) in [6, 6.07) is 5.26. The van der Waals surface area contributed by atoms with Gasteiger partial charge in [0.2, 0.25) is 0 Å². The van der Waals surface area contributed by atoms with Crippen molar-refractivity contribution in [3.8, 4) is 0 Å². The summed E-state index contributed by atoms with van der Waals surface area (Å²) in [6.07, 6.45) is 2.13. The highest BCUT2D eigenvalue weighted by Gasteiger charge is 2.45. The van der Waals surface area contributed by atoms with E-state index in [-0.39, 0.29) is 17.9 Å². The average Bonchev–Trinajstić information content (AvgIpc) is 3.51. The molecule has 32 heavy (non-hydrogen) atoms. The predicted molar refractivity (Wildman–Crippen MR) is 122 cm³/mol. The van der Waals surface area contributed by atoms with Crippen molar-refractivity contribution in [1.29, 1.82) is 0 Å². The van der Waals surface area contributed by atoms with Crippen LogP contribution in [-0.4, -0.2) is 41.3 Å². The molecular formula is C24H28ClN3O4. The van der Waals surface area contributed by atoms with E-state index in [2.05, 4.69) is 4.98 Å². The maximum Gasteiger partial charge on any atom is 0.414 e. The van der Waals surface area contributed by atoms with Crippen LogP contribution < -0.4 is 4.90 Å². The second-order valence-electron chi connectivity index (χ2n) is 9.36. The van der Waals surface area contributed by atoms with E-state index in [4.69, 9.17) is 26.1 Å². The molecule has 1 aromatic carbocycles. The summed E-state index contributed by atoms with van der Waals surface area (Å²) in [7, 11) is 1.35. The minimum atomic E-state index is -0.586. The Labute approximate surface area is 193 Å². The van der Waals surface area contributed by atoms with Crippen molar-refractivity contribution in [3.63, 3.8) is 0 Å². The first kappa shape index (κ1) is 22.5. The summed E-state index contributed by atoms with van der Waals surface area (Å²) >= 11 is 6.52. The third-order valence-electron chi connectivity index (χ3n) is 5.74. The van der Waals surface area contributed by atoms with Crippen molar-refractivity contribution in [2.45, 2.75) is 64.4 Å². The maximum atomic E-state index is 13.0. The molecule has 2 unspecified atom stereocenters. The molecule has 0 spiro atoms. The second kappa shape index (κ2) is 8.35. The number of aryl methyl sites for hydroxylation is 2. The lowest BCUT2D eigenvalue weighted by atomic mass is 10.0. The number of carbonyl (C=O) groups excluding carboxylic acids is 2. The third-order valence-corrected chi connectivity index (χ3v) is 6.06. The Hall–Kier alpha value is -2.67. The first-order valence-corrected chi connectivity index (χ1v) is 11.2. The number of anilines is 1. The van der Waals surface area contributed by atoms with Crippen molar-refractivity contribution in [2.24, 2.45) is 0 Å². The van der Waals surface area contributed by atoms with Crippen LogP contribution in [0.4, 0.5) is 10.5 Å². The van der Waals surface area contributed by atoms with E-state index in [9.17, 15) is 9.59 Å². The molecule has 2 aromatic rings. The van der Waals surface area contributed by atoms with Gasteiger partial charge in [0.05, 0.1) is 29.7 Å². The fourth-order valence-corrected chi connectivity index (χ4v) is 4.63. The Balaban J connectivity index is 1.67. The van der Waals surface area contributed by atoms with Gasteiger partial charge in [0.25, 0.3) is 0 Å². The van der Waals surface area contributed by atoms with Crippen molar-refractivity contribution in [1.82, 2.24) is 9.97 Å². The van der Waals surface area contributed by atoms with E-state index in [0.29, 0.717) is 23.0 Å². The number of hydrogen-bond donors (Lipinski definition) is 0. The number of esters is 1. The van der Waals surface area contributed by atoms with Gasteiger partial charge in [-0.15, -0.1) is 0 Å². The number of carbonyl (C=O) groups is 2. The average molecular weight is 458 g/mol. The summed E-state index contributed by atoms with van der Waals surface area (Å²) in [5.41, 5.74) is 3.35. The van der Waals surface area contributed by atoms with E-state index >= 15 is 0 Å². The Morgan fingerprint density at radius 2 is 1.94 bits per heavy atom. The molecule has 7 nitrogen and oxygen atoms in total. The quantitative estimate of drug-likeness (QED) is 0.590. The Morgan fingerprint density at radius 3 is 2.59 bits per heavy atom. The smallest absolute Gasteiger partial charge is 0.414 e. The molecule has 0 N–H and O–H groups in total. The lowest BCUT2D eigenvalue weighted by molar-refractivity contribution is 0.0573. The van der Waals surface area contributed by atoms with Crippen LogP contribution in [0, 0.1) is 6.92 Å². The minimum absolute atomic E-state index is 0.120. The number of nitrogens with zero attached hydrogens (tertiary/aromatic N) is 3. The summed E-state index contributed by atoms with van der Waals surface area (Å²) in [5.74, 6) is 0.562. The maximum absolute atomic E-state index is 13.0. The molecule has 4 rings (SSSR count). The standard InChI is InChI=1S/C24H28ClN3O4/c1-13-26-19-7-6-10-28(23(30)32-24(2,3)4)21(19)20(27-13)17-12-16(17)15-9-8-14(11-18(15)25)22(29)31-5/h8-9,11,16-17H,6-7,10,12H2,1-5H3. The van der Waals surface area contributed by atoms with Crippen molar-refractivity contribution >= 4 is 29.4 Å². The number of amides is 1. The van der Waals surface area contributed by atoms with Crippen LogP contribution in [0.15, 0.2) is 18.2 Å². The summed E-state index contributed by atoms with van der Waals surface area (Å²) in [5, 5.41) is 0.532. The number of methoxy groups -OCH3 is 1. The van der Waals surface area contributed by atoms with Crippen LogP contribution in [0.3, 0.4) is 0 Å². The van der Waals surface area contributed by atoms with Crippen LogP contribution in [0.5, 0.6) is 0 Å². The molecule has 1 aromatic heterocycles. The molecule has 0 radical (unpaired) electrons. The van der Waals surface area contributed by atoms with Crippen LogP contribution in [-0.2, 0) is 15.9 Å². The van der Waals surface area contributed by atoms with Gasteiger partial charge in [0, 0.05) is 17.5 Å². The molecule has 1 fully saturated rings. The molecule has 0 bridgehead atoms. The highest BCUT2D eigenvalue weighted by molar-refractivity contribution is 6.31. The normalized spacial score (nSPS) is 19.9. The number of ether oxygens (including phenoxy) is 2. The van der Waals surface area contributed by atoms with Crippen molar-refractivity contribution in [2.75, 3.05) is 18.6 Å². The highest BCUT2D eigenvalue weighted by Crippen LogP contribution is 2.58. The minimum Gasteiger partial charge on any atom is -0.465 e. The zero-order chi connectivity index (χ0) is 23.2. The molecule has 8 heteroatoms. The second-order valence-corrected chi connectivity index (χ2v) is 9.77. The first-order valence-electron chi connectivity index (χ1n) is 10.8. The Morgan fingerprint density at radius 1 is 1.19 bits per heavy atom. The fraction of sp³-hybridized carbons (Fsp3) is 0.500. The summed E-state index contributed by atoms with van der Waals surface area (Å²) < 4.78 is 10.4.